The van der Waals surface area contributed by atoms with Crippen LogP contribution in [-0.2, 0) is 0 Å². The van der Waals surface area contributed by atoms with E-state index in [0.717, 1.165) is 45.3 Å². The summed E-state index contributed by atoms with van der Waals surface area (Å²) >= 11 is 1.86. The number of benzene rings is 11. The second-order valence-electron chi connectivity index (χ2n) is 17.3. The van der Waals surface area contributed by atoms with E-state index in [0.29, 0.717) is 0 Å². The van der Waals surface area contributed by atoms with Crippen molar-refractivity contribution in [2.24, 2.45) is 0 Å². The third-order valence-corrected chi connectivity index (χ3v) is 14.2. The van der Waals surface area contributed by atoms with E-state index < -0.39 is 0 Å². The summed E-state index contributed by atoms with van der Waals surface area (Å²) in [6.45, 7) is 0. The molecule has 1 heterocycles. The van der Waals surface area contributed by atoms with Gasteiger partial charge in [-0.25, -0.2) is 0 Å². The van der Waals surface area contributed by atoms with Crippen molar-refractivity contribution in [1.82, 2.24) is 0 Å². The fourth-order valence-corrected chi connectivity index (χ4v) is 10.8. The molecule has 0 aliphatic carbocycles. The maximum Gasteiger partial charge on any atom is 0.0540 e. The highest BCUT2D eigenvalue weighted by molar-refractivity contribution is 7.25. The number of nitrogens with zero attached hydrogens (tertiary/aromatic N) is 2. The Hall–Kier alpha value is -8.76. The van der Waals surface area contributed by atoms with Crippen molar-refractivity contribution >= 4 is 65.6 Å². The number of anilines is 6. The summed E-state index contributed by atoms with van der Waals surface area (Å²) in [6.07, 6.45) is 0. The van der Waals surface area contributed by atoms with Crippen molar-refractivity contribution in [3.8, 4) is 55.6 Å². The van der Waals surface area contributed by atoms with E-state index >= 15 is 0 Å². The molecule has 0 N–H and O–H groups in total. The van der Waals surface area contributed by atoms with E-state index in [1.165, 1.54) is 64.7 Å². The summed E-state index contributed by atoms with van der Waals surface area (Å²) in [5, 5.41) is 2.63. The number of fused-ring (bicyclic) bond motifs is 3. The Morgan fingerprint density at radius 1 is 0.217 bits per heavy atom. The highest BCUT2D eigenvalue weighted by atomic mass is 32.1. The molecule has 0 aliphatic rings. The van der Waals surface area contributed by atoms with Gasteiger partial charge in [-0.15, -0.1) is 11.3 Å². The highest BCUT2D eigenvalue weighted by Gasteiger charge is 2.20. The number of hydrogen-bond acceptors (Lipinski definition) is 3. The average Bonchev–Trinajstić information content (AvgIpc) is 3.81. The quantitative estimate of drug-likeness (QED) is 0.128. The average molecular weight is 899 g/mol. The fraction of sp³-hybridized carbons (Fsp3) is 0. The number of para-hydroxylation sites is 1. The Kier molecular flexibility index (Phi) is 11.2. The molecular weight excluding hydrogens is 853 g/mol. The van der Waals surface area contributed by atoms with Crippen LogP contribution in [0, 0.1) is 0 Å². The fourth-order valence-electron chi connectivity index (χ4n) is 9.61. The molecule has 0 radical (unpaired) electrons. The zero-order valence-corrected chi connectivity index (χ0v) is 38.7. The first-order chi connectivity index (χ1) is 34.2. The Labute approximate surface area is 407 Å². The van der Waals surface area contributed by atoms with Gasteiger partial charge in [0.2, 0.25) is 0 Å². The van der Waals surface area contributed by atoms with Crippen LogP contribution in [0.3, 0.4) is 0 Å². The lowest BCUT2D eigenvalue weighted by Gasteiger charge is -2.29. The van der Waals surface area contributed by atoms with Crippen LogP contribution in [0.2, 0.25) is 0 Å². The normalized spacial score (nSPS) is 11.2. The zero-order valence-electron chi connectivity index (χ0n) is 37.9. The number of thiophene rings is 1. The Morgan fingerprint density at radius 3 is 1.14 bits per heavy atom. The van der Waals surface area contributed by atoms with Gasteiger partial charge < -0.3 is 9.80 Å². The lowest BCUT2D eigenvalue weighted by Crippen LogP contribution is -2.12. The molecule has 2 nitrogen and oxygen atoms in total. The molecule has 0 atom stereocenters. The van der Waals surface area contributed by atoms with Crippen LogP contribution >= 0.6 is 11.3 Å². The number of hydrogen-bond donors (Lipinski definition) is 0. The van der Waals surface area contributed by atoms with Crippen molar-refractivity contribution in [3.63, 3.8) is 0 Å². The van der Waals surface area contributed by atoms with Gasteiger partial charge in [-0.2, -0.15) is 0 Å². The van der Waals surface area contributed by atoms with Gasteiger partial charge in [0.1, 0.15) is 0 Å². The molecular formula is C66H46N2S. The summed E-state index contributed by atoms with van der Waals surface area (Å²) in [4.78, 5) is 4.77. The first-order valence-corrected chi connectivity index (χ1v) is 24.3. The summed E-state index contributed by atoms with van der Waals surface area (Å²) in [7, 11) is 0. The Balaban J connectivity index is 0.950. The van der Waals surface area contributed by atoms with Gasteiger partial charge in [0.05, 0.1) is 5.69 Å². The molecule has 0 unspecified atom stereocenters. The first-order valence-electron chi connectivity index (χ1n) is 23.5. The van der Waals surface area contributed by atoms with Gasteiger partial charge in [-0.1, -0.05) is 200 Å². The molecule has 0 spiro atoms. The molecule has 0 saturated heterocycles. The molecule has 1 aromatic heterocycles. The predicted octanol–water partition coefficient (Wildman–Crippen LogP) is 19.3. The number of rotatable bonds is 11. The van der Waals surface area contributed by atoms with E-state index in [1.54, 1.807) is 0 Å². The lowest BCUT2D eigenvalue weighted by molar-refractivity contribution is 1.27. The van der Waals surface area contributed by atoms with Crippen molar-refractivity contribution in [2.45, 2.75) is 0 Å². The van der Waals surface area contributed by atoms with Crippen molar-refractivity contribution in [1.29, 1.82) is 0 Å². The smallest absolute Gasteiger partial charge is 0.0540 e. The second-order valence-corrected chi connectivity index (χ2v) is 18.4. The van der Waals surface area contributed by atoms with Crippen LogP contribution in [0.5, 0.6) is 0 Å². The van der Waals surface area contributed by atoms with Gasteiger partial charge in [-0.05, 0) is 129 Å². The molecule has 0 bridgehead atoms. The Bertz CT molecular complexity index is 3590. The topological polar surface area (TPSA) is 6.48 Å². The van der Waals surface area contributed by atoms with Gasteiger partial charge in [0.15, 0.2) is 0 Å². The maximum absolute atomic E-state index is 2.40. The summed E-state index contributed by atoms with van der Waals surface area (Å²) in [5.74, 6) is 0. The molecule has 11 aromatic carbocycles. The van der Waals surface area contributed by atoms with E-state index in [-0.39, 0.29) is 0 Å². The molecule has 3 heteroatoms. The minimum atomic E-state index is 1.07. The minimum absolute atomic E-state index is 1.07. The first kappa shape index (κ1) is 41.7. The molecule has 326 valence electrons. The second kappa shape index (κ2) is 18.5. The SMILES string of the molecule is c1ccc(-c2ccc(N(c3ccc(-c4ccccc4)cc3)c3cccc(-c4ccccc4N(c4ccc(-c5ccccc5)cc4)c4ccc(-c5ccc6c(c5)sc5ccccc56)cc4)c3)cc2)cc1. The summed E-state index contributed by atoms with van der Waals surface area (Å²) in [5.41, 5.74) is 18.3. The molecule has 0 amide bonds. The van der Waals surface area contributed by atoms with E-state index in [4.69, 9.17) is 0 Å². The minimum Gasteiger partial charge on any atom is -0.310 e. The third kappa shape index (κ3) is 8.37. The van der Waals surface area contributed by atoms with E-state index in [1.807, 2.05) is 11.3 Å². The van der Waals surface area contributed by atoms with Crippen LogP contribution < -0.4 is 9.80 Å². The van der Waals surface area contributed by atoms with Gasteiger partial charge >= 0.3 is 0 Å². The van der Waals surface area contributed by atoms with Crippen LogP contribution in [0.15, 0.2) is 279 Å². The predicted molar refractivity (Wildman–Crippen MR) is 296 cm³/mol. The largest absolute Gasteiger partial charge is 0.310 e. The zero-order chi connectivity index (χ0) is 45.9. The van der Waals surface area contributed by atoms with Crippen LogP contribution in [0.25, 0.3) is 75.8 Å². The van der Waals surface area contributed by atoms with Crippen LogP contribution in [0.1, 0.15) is 0 Å². The molecule has 12 aromatic rings. The van der Waals surface area contributed by atoms with Gasteiger partial charge in [0, 0.05) is 54.2 Å². The van der Waals surface area contributed by atoms with Crippen molar-refractivity contribution in [2.75, 3.05) is 9.80 Å². The van der Waals surface area contributed by atoms with Gasteiger partial charge in [-0.3, -0.25) is 0 Å². The lowest BCUT2D eigenvalue weighted by atomic mass is 9.99. The van der Waals surface area contributed by atoms with E-state index in [2.05, 4.69) is 289 Å². The third-order valence-electron chi connectivity index (χ3n) is 13.1. The highest BCUT2D eigenvalue weighted by Crippen LogP contribution is 2.45. The molecule has 69 heavy (non-hydrogen) atoms. The summed E-state index contributed by atoms with van der Waals surface area (Å²) < 4.78 is 2.63. The standard InChI is InChI=1S/C66H46N2S/c1-4-15-47(16-5-1)50-27-36-56(37-28-50)67(57-38-29-51(30-39-57)48-17-6-2-7-18-48)60-22-14-21-55(45-60)61-23-10-12-25-64(61)68(58-40-31-52(32-41-58)49-19-8-3-9-20-49)59-42-33-53(34-43-59)54-35-44-63-62-24-11-13-26-65(62)69-66(63)46-54/h1-46H. The molecule has 0 saturated carbocycles. The van der Waals surface area contributed by atoms with Crippen LogP contribution in [0.4, 0.5) is 34.1 Å². The van der Waals surface area contributed by atoms with Crippen LogP contribution in [-0.4, -0.2) is 0 Å². The molecule has 0 fully saturated rings. The van der Waals surface area contributed by atoms with Crippen molar-refractivity contribution in [3.05, 3.63) is 279 Å². The summed E-state index contributed by atoms with van der Waals surface area (Å²) in [6, 6.07) is 101. The maximum atomic E-state index is 2.40. The van der Waals surface area contributed by atoms with Gasteiger partial charge in [0.25, 0.3) is 0 Å². The van der Waals surface area contributed by atoms with E-state index in [9.17, 15) is 0 Å². The monoisotopic (exact) mass is 898 g/mol. The van der Waals surface area contributed by atoms with Crippen molar-refractivity contribution < 1.29 is 0 Å². The Morgan fingerprint density at radius 2 is 0.609 bits per heavy atom. The molecule has 0 aliphatic heterocycles. The molecule has 12 rings (SSSR count).